The van der Waals surface area contributed by atoms with E-state index in [4.69, 9.17) is 13.9 Å². The summed E-state index contributed by atoms with van der Waals surface area (Å²) in [5.41, 5.74) is -0.851. The summed E-state index contributed by atoms with van der Waals surface area (Å²) in [5.74, 6) is -1.85. The van der Waals surface area contributed by atoms with Crippen LogP contribution in [0.1, 0.15) is 0 Å². The Morgan fingerprint density at radius 3 is 2.24 bits per heavy atom. The Balaban J connectivity index is 2.41. The lowest BCUT2D eigenvalue weighted by Gasteiger charge is -2.12. The quantitative estimate of drug-likeness (QED) is 0.532. The molecule has 0 aliphatic carbocycles. The summed E-state index contributed by atoms with van der Waals surface area (Å²) in [6.07, 6.45) is 0. The number of hydrogen-bond donors (Lipinski definition) is 4. The van der Waals surface area contributed by atoms with Gasteiger partial charge in [-0.2, -0.15) is 0 Å². The number of methoxy groups -OCH3 is 2. The van der Waals surface area contributed by atoms with Crippen LogP contribution >= 0.6 is 0 Å². The Labute approximate surface area is 140 Å². The fourth-order valence-corrected chi connectivity index (χ4v) is 2.53. The van der Waals surface area contributed by atoms with Crippen molar-refractivity contribution < 1.29 is 34.3 Å². The highest BCUT2D eigenvalue weighted by molar-refractivity contribution is 5.89. The molecule has 4 N–H and O–H groups in total. The molecule has 3 aromatic rings. The minimum atomic E-state index is -0.703. The molecule has 0 bridgehead atoms. The number of fused-ring (bicyclic) bond motifs is 1. The topological polar surface area (TPSA) is 130 Å². The smallest absolute Gasteiger partial charge is 0.239 e. The number of ether oxygens (including phenoxy) is 2. The summed E-state index contributed by atoms with van der Waals surface area (Å²) >= 11 is 0. The van der Waals surface area contributed by atoms with Crippen LogP contribution in [0.15, 0.2) is 33.5 Å². The van der Waals surface area contributed by atoms with Crippen molar-refractivity contribution in [2.75, 3.05) is 14.2 Å². The first-order valence-corrected chi connectivity index (χ1v) is 7.04. The monoisotopic (exact) mass is 346 g/mol. The normalized spacial score (nSPS) is 10.8. The van der Waals surface area contributed by atoms with E-state index in [1.54, 1.807) is 0 Å². The second kappa shape index (κ2) is 5.82. The van der Waals surface area contributed by atoms with Crippen LogP contribution in [0.2, 0.25) is 0 Å². The molecular formula is C17H14O8. The van der Waals surface area contributed by atoms with Crippen molar-refractivity contribution in [1.29, 1.82) is 0 Å². The molecule has 8 nitrogen and oxygen atoms in total. The molecule has 1 heterocycles. The first kappa shape index (κ1) is 16.3. The van der Waals surface area contributed by atoms with Gasteiger partial charge in [0.25, 0.3) is 0 Å². The predicted octanol–water partition coefficient (Wildman–Crippen LogP) is 2.30. The molecule has 0 fully saturated rings. The molecule has 1 aromatic heterocycles. The minimum Gasteiger partial charge on any atom is -0.508 e. The third kappa shape index (κ3) is 2.53. The van der Waals surface area contributed by atoms with E-state index < -0.39 is 11.2 Å². The molecule has 0 atom stereocenters. The summed E-state index contributed by atoms with van der Waals surface area (Å²) in [7, 11) is 2.54. The molecule has 0 unspecified atom stereocenters. The van der Waals surface area contributed by atoms with Gasteiger partial charge in [0.1, 0.15) is 28.2 Å². The van der Waals surface area contributed by atoms with Gasteiger partial charge < -0.3 is 34.3 Å². The van der Waals surface area contributed by atoms with E-state index in [-0.39, 0.29) is 51.0 Å². The molecule has 0 saturated heterocycles. The Morgan fingerprint density at radius 1 is 0.880 bits per heavy atom. The standard InChI is InChI=1S/C17H14O8/c1-23-12-6-9(19)8(5-10(12)20)16-17(24-2)15(22)14-11(21)3-7(18)4-13(14)25-16/h3-6,18-21H,1-2H3. The van der Waals surface area contributed by atoms with Crippen LogP contribution in [-0.4, -0.2) is 34.6 Å². The van der Waals surface area contributed by atoms with Gasteiger partial charge >= 0.3 is 0 Å². The molecule has 0 aliphatic rings. The van der Waals surface area contributed by atoms with Crippen LogP contribution in [0.4, 0.5) is 0 Å². The van der Waals surface area contributed by atoms with Gasteiger partial charge in [0.2, 0.25) is 11.2 Å². The van der Waals surface area contributed by atoms with Crippen molar-refractivity contribution in [3.05, 3.63) is 34.5 Å². The largest absolute Gasteiger partial charge is 0.508 e. The van der Waals surface area contributed by atoms with E-state index in [0.717, 1.165) is 24.3 Å². The van der Waals surface area contributed by atoms with Gasteiger partial charge in [-0.05, 0) is 6.07 Å². The summed E-state index contributed by atoms with van der Waals surface area (Å²) in [5, 5.41) is 39.4. The maximum atomic E-state index is 12.6. The highest BCUT2D eigenvalue weighted by Gasteiger charge is 2.23. The second-order valence-corrected chi connectivity index (χ2v) is 5.17. The molecule has 0 spiro atoms. The number of aromatic hydroxyl groups is 4. The van der Waals surface area contributed by atoms with Gasteiger partial charge in [0.05, 0.1) is 19.8 Å². The van der Waals surface area contributed by atoms with E-state index in [1.165, 1.54) is 14.2 Å². The van der Waals surface area contributed by atoms with E-state index in [1.807, 2.05) is 0 Å². The lowest BCUT2D eigenvalue weighted by molar-refractivity contribution is 0.368. The lowest BCUT2D eigenvalue weighted by Crippen LogP contribution is -2.08. The van der Waals surface area contributed by atoms with Crippen molar-refractivity contribution in [3.63, 3.8) is 0 Å². The van der Waals surface area contributed by atoms with E-state index >= 15 is 0 Å². The molecule has 0 radical (unpaired) electrons. The lowest BCUT2D eigenvalue weighted by atomic mass is 10.1. The maximum absolute atomic E-state index is 12.6. The predicted molar refractivity (Wildman–Crippen MR) is 87.7 cm³/mol. The third-order valence-electron chi connectivity index (χ3n) is 3.66. The molecule has 8 heteroatoms. The van der Waals surface area contributed by atoms with Crippen LogP contribution < -0.4 is 14.9 Å². The Morgan fingerprint density at radius 2 is 1.60 bits per heavy atom. The average Bonchev–Trinajstić information content (AvgIpc) is 2.55. The van der Waals surface area contributed by atoms with Crippen molar-refractivity contribution in [2.24, 2.45) is 0 Å². The Bertz CT molecular complexity index is 1040. The van der Waals surface area contributed by atoms with Crippen LogP contribution in [0, 0.1) is 0 Å². The minimum absolute atomic E-state index is 0.0265. The maximum Gasteiger partial charge on any atom is 0.239 e. The van der Waals surface area contributed by atoms with Crippen LogP contribution in [0.25, 0.3) is 22.3 Å². The summed E-state index contributed by atoms with van der Waals surface area (Å²) in [6.45, 7) is 0. The summed E-state index contributed by atoms with van der Waals surface area (Å²) < 4.78 is 15.5. The number of phenolic OH excluding ortho intramolecular Hbond substituents is 4. The van der Waals surface area contributed by atoms with E-state index in [9.17, 15) is 25.2 Å². The van der Waals surface area contributed by atoms with E-state index in [0.29, 0.717) is 0 Å². The van der Waals surface area contributed by atoms with Crippen LogP contribution in [0.3, 0.4) is 0 Å². The Hall–Kier alpha value is -3.55. The summed E-state index contributed by atoms with van der Waals surface area (Å²) in [6, 6.07) is 4.42. The van der Waals surface area contributed by atoms with Gasteiger partial charge in [-0.1, -0.05) is 0 Å². The van der Waals surface area contributed by atoms with Gasteiger partial charge in [-0.3, -0.25) is 4.79 Å². The second-order valence-electron chi connectivity index (χ2n) is 5.17. The zero-order chi connectivity index (χ0) is 18.3. The third-order valence-corrected chi connectivity index (χ3v) is 3.66. The molecule has 0 saturated carbocycles. The van der Waals surface area contributed by atoms with Gasteiger partial charge in [-0.15, -0.1) is 0 Å². The fraction of sp³-hybridized carbons (Fsp3) is 0.118. The molecule has 0 aliphatic heterocycles. The highest BCUT2D eigenvalue weighted by atomic mass is 16.5. The molecule has 25 heavy (non-hydrogen) atoms. The SMILES string of the molecule is COc1cc(O)c(-c2oc3cc(O)cc(O)c3c(=O)c2OC)cc1O. The zero-order valence-electron chi connectivity index (χ0n) is 13.2. The van der Waals surface area contributed by atoms with Gasteiger partial charge in [0, 0.05) is 18.2 Å². The van der Waals surface area contributed by atoms with Crippen molar-refractivity contribution in [1.82, 2.24) is 0 Å². The summed E-state index contributed by atoms with van der Waals surface area (Å²) in [4.78, 5) is 12.6. The molecule has 2 aromatic carbocycles. The fourth-order valence-electron chi connectivity index (χ4n) is 2.53. The number of benzene rings is 2. The molecular weight excluding hydrogens is 332 g/mol. The highest BCUT2D eigenvalue weighted by Crippen LogP contribution is 2.43. The molecule has 130 valence electrons. The number of phenols is 4. The number of rotatable bonds is 3. The van der Waals surface area contributed by atoms with Gasteiger partial charge in [-0.25, -0.2) is 0 Å². The van der Waals surface area contributed by atoms with Gasteiger partial charge in [0.15, 0.2) is 17.3 Å². The zero-order valence-corrected chi connectivity index (χ0v) is 13.2. The van der Waals surface area contributed by atoms with Crippen LogP contribution in [-0.2, 0) is 0 Å². The average molecular weight is 346 g/mol. The molecule has 3 rings (SSSR count). The first-order valence-electron chi connectivity index (χ1n) is 7.04. The van der Waals surface area contributed by atoms with Crippen molar-refractivity contribution >= 4 is 11.0 Å². The Kier molecular flexibility index (Phi) is 3.80. The number of hydrogen-bond acceptors (Lipinski definition) is 8. The van der Waals surface area contributed by atoms with Crippen molar-refractivity contribution in [3.8, 4) is 45.8 Å². The van der Waals surface area contributed by atoms with Crippen LogP contribution in [0.5, 0.6) is 34.5 Å². The first-order chi connectivity index (χ1) is 11.9. The van der Waals surface area contributed by atoms with Crippen molar-refractivity contribution in [2.45, 2.75) is 0 Å². The molecule has 0 amide bonds. The van der Waals surface area contributed by atoms with E-state index in [2.05, 4.69) is 0 Å².